The lowest BCUT2D eigenvalue weighted by molar-refractivity contribution is 0.347. The molecule has 2 aliphatic rings. The van der Waals surface area contributed by atoms with Crippen LogP contribution >= 0.6 is 0 Å². The lowest BCUT2D eigenvalue weighted by atomic mass is 10.1. The summed E-state index contributed by atoms with van der Waals surface area (Å²) < 4.78 is 5.47. The SMILES string of the molecule is CCNC(Cc1nc(N2CCCCCC2)no1)C1CC1. The Morgan fingerprint density at radius 1 is 1.25 bits per heavy atom. The van der Waals surface area contributed by atoms with Gasteiger partial charge < -0.3 is 14.7 Å². The molecule has 1 aliphatic carbocycles. The van der Waals surface area contributed by atoms with E-state index in [4.69, 9.17) is 4.52 Å². The minimum Gasteiger partial charge on any atom is -0.338 e. The number of hydrogen-bond acceptors (Lipinski definition) is 5. The Kier molecular flexibility index (Phi) is 4.55. The molecule has 0 aromatic carbocycles. The number of aromatic nitrogens is 2. The highest BCUT2D eigenvalue weighted by molar-refractivity contribution is 5.27. The minimum atomic E-state index is 0.512. The van der Waals surface area contributed by atoms with Gasteiger partial charge in [-0.2, -0.15) is 4.98 Å². The Labute approximate surface area is 121 Å². The zero-order valence-corrected chi connectivity index (χ0v) is 12.5. The maximum absolute atomic E-state index is 5.47. The van der Waals surface area contributed by atoms with Crippen molar-refractivity contribution in [3.63, 3.8) is 0 Å². The summed E-state index contributed by atoms with van der Waals surface area (Å²) >= 11 is 0. The van der Waals surface area contributed by atoms with Crippen LogP contribution in [0.4, 0.5) is 5.95 Å². The van der Waals surface area contributed by atoms with Gasteiger partial charge in [0.2, 0.25) is 5.89 Å². The summed E-state index contributed by atoms with van der Waals surface area (Å²) in [6.45, 7) is 5.30. The topological polar surface area (TPSA) is 54.2 Å². The number of nitrogens with one attached hydrogen (secondary N) is 1. The fourth-order valence-corrected chi connectivity index (χ4v) is 3.08. The maximum Gasteiger partial charge on any atom is 0.266 e. The highest BCUT2D eigenvalue weighted by atomic mass is 16.5. The monoisotopic (exact) mass is 278 g/mol. The van der Waals surface area contributed by atoms with Gasteiger partial charge in [0.25, 0.3) is 5.95 Å². The van der Waals surface area contributed by atoms with E-state index >= 15 is 0 Å². The first-order valence-corrected chi connectivity index (χ1v) is 8.17. The zero-order valence-electron chi connectivity index (χ0n) is 12.5. The molecule has 0 spiro atoms. The third-order valence-corrected chi connectivity index (χ3v) is 4.40. The fourth-order valence-electron chi connectivity index (χ4n) is 3.08. The molecule has 20 heavy (non-hydrogen) atoms. The molecule has 112 valence electrons. The van der Waals surface area contributed by atoms with Crippen molar-refractivity contribution in [2.24, 2.45) is 5.92 Å². The van der Waals surface area contributed by atoms with E-state index in [0.717, 1.165) is 43.8 Å². The van der Waals surface area contributed by atoms with Gasteiger partial charge in [-0.05, 0) is 43.3 Å². The van der Waals surface area contributed by atoms with Gasteiger partial charge in [0.1, 0.15) is 0 Å². The second kappa shape index (κ2) is 6.57. The predicted octanol–water partition coefficient (Wildman–Crippen LogP) is 2.38. The normalized spacial score (nSPS) is 21.8. The molecule has 1 N–H and O–H groups in total. The molecule has 1 aliphatic heterocycles. The van der Waals surface area contributed by atoms with Gasteiger partial charge in [-0.15, -0.1) is 0 Å². The molecule has 1 saturated carbocycles. The van der Waals surface area contributed by atoms with E-state index in [9.17, 15) is 0 Å². The molecule has 5 nitrogen and oxygen atoms in total. The van der Waals surface area contributed by atoms with Crippen LogP contribution in [0.1, 0.15) is 51.3 Å². The van der Waals surface area contributed by atoms with Crippen LogP contribution in [0.2, 0.25) is 0 Å². The van der Waals surface area contributed by atoms with Crippen molar-refractivity contribution in [1.29, 1.82) is 0 Å². The first kappa shape index (κ1) is 13.9. The molecule has 1 aromatic heterocycles. The number of hydrogen-bond donors (Lipinski definition) is 1. The molecule has 0 radical (unpaired) electrons. The third kappa shape index (κ3) is 3.51. The molecule has 5 heteroatoms. The Balaban J connectivity index is 1.60. The van der Waals surface area contributed by atoms with E-state index in [2.05, 4.69) is 27.3 Å². The van der Waals surface area contributed by atoms with E-state index < -0.39 is 0 Å². The van der Waals surface area contributed by atoms with Crippen molar-refractivity contribution >= 4 is 5.95 Å². The van der Waals surface area contributed by atoms with Crippen LogP contribution in [0.5, 0.6) is 0 Å². The van der Waals surface area contributed by atoms with Crippen molar-refractivity contribution < 1.29 is 4.52 Å². The van der Waals surface area contributed by atoms with Crippen LogP contribution in [0, 0.1) is 5.92 Å². The van der Waals surface area contributed by atoms with Gasteiger partial charge in [-0.1, -0.05) is 19.8 Å². The number of rotatable bonds is 6. The summed E-state index contributed by atoms with van der Waals surface area (Å²) in [4.78, 5) is 6.89. The molecule has 1 atom stereocenters. The molecule has 1 unspecified atom stereocenters. The fraction of sp³-hybridized carbons (Fsp3) is 0.867. The molecule has 0 amide bonds. The Morgan fingerprint density at radius 2 is 2.00 bits per heavy atom. The number of nitrogens with zero attached hydrogens (tertiary/aromatic N) is 3. The van der Waals surface area contributed by atoms with Crippen LogP contribution in [-0.4, -0.2) is 35.8 Å². The van der Waals surface area contributed by atoms with Crippen LogP contribution in [0.25, 0.3) is 0 Å². The van der Waals surface area contributed by atoms with E-state index in [1.54, 1.807) is 0 Å². The molecule has 0 bridgehead atoms. The molecule has 1 saturated heterocycles. The van der Waals surface area contributed by atoms with Crippen molar-refractivity contribution in [2.75, 3.05) is 24.5 Å². The average molecular weight is 278 g/mol. The second-order valence-corrected chi connectivity index (χ2v) is 6.10. The van der Waals surface area contributed by atoms with Gasteiger partial charge in [-0.25, -0.2) is 0 Å². The van der Waals surface area contributed by atoms with Crippen LogP contribution in [-0.2, 0) is 6.42 Å². The lowest BCUT2D eigenvalue weighted by Crippen LogP contribution is -2.33. The standard InChI is InChI=1S/C15H26N4O/c1-2-16-13(12-7-8-12)11-14-17-15(18-20-14)19-9-5-3-4-6-10-19/h12-13,16H,2-11H2,1H3. The van der Waals surface area contributed by atoms with E-state index in [-0.39, 0.29) is 0 Å². The summed E-state index contributed by atoms with van der Waals surface area (Å²) in [6, 6.07) is 0.512. The minimum absolute atomic E-state index is 0.512. The first-order valence-electron chi connectivity index (χ1n) is 8.17. The summed E-state index contributed by atoms with van der Waals surface area (Å²) in [7, 11) is 0. The summed E-state index contributed by atoms with van der Waals surface area (Å²) in [6.07, 6.45) is 8.68. The highest BCUT2D eigenvalue weighted by Gasteiger charge is 2.32. The number of anilines is 1. The summed E-state index contributed by atoms with van der Waals surface area (Å²) in [5.41, 5.74) is 0. The van der Waals surface area contributed by atoms with Crippen molar-refractivity contribution in [1.82, 2.24) is 15.5 Å². The van der Waals surface area contributed by atoms with E-state index in [1.165, 1.54) is 38.5 Å². The first-order chi connectivity index (χ1) is 9.86. The Morgan fingerprint density at radius 3 is 2.65 bits per heavy atom. The highest BCUT2D eigenvalue weighted by Crippen LogP contribution is 2.34. The van der Waals surface area contributed by atoms with Crippen LogP contribution < -0.4 is 10.2 Å². The maximum atomic E-state index is 5.47. The molecule has 3 rings (SSSR count). The zero-order chi connectivity index (χ0) is 13.8. The lowest BCUT2D eigenvalue weighted by Gasteiger charge is -2.17. The smallest absolute Gasteiger partial charge is 0.266 e. The molecule has 1 aromatic rings. The van der Waals surface area contributed by atoms with Crippen LogP contribution in [0.3, 0.4) is 0 Å². The van der Waals surface area contributed by atoms with Crippen molar-refractivity contribution in [3.8, 4) is 0 Å². The predicted molar refractivity (Wildman–Crippen MR) is 78.9 cm³/mol. The van der Waals surface area contributed by atoms with Crippen molar-refractivity contribution in [3.05, 3.63) is 5.89 Å². The quantitative estimate of drug-likeness (QED) is 0.866. The number of likely N-dealkylation sites (N-methyl/N-ethyl adjacent to an activating group) is 1. The second-order valence-electron chi connectivity index (χ2n) is 6.10. The molecule has 2 heterocycles. The van der Waals surface area contributed by atoms with Gasteiger partial charge in [0.15, 0.2) is 0 Å². The third-order valence-electron chi connectivity index (χ3n) is 4.40. The van der Waals surface area contributed by atoms with Crippen molar-refractivity contribution in [2.45, 2.75) is 57.9 Å². The van der Waals surface area contributed by atoms with Gasteiger partial charge >= 0.3 is 0 Å². The van der Waals surface area contributed by atoms with Gasteiger partial charge in [0.05, 0.1) is 0 Å². The molecular formula is C15H26N4O. The van der Waals surface area contributed by atoms with Gasteiger partial charge in [0, 0.05) is 25.6 Å². The summed E-state index contributed by atoms with van der Waals surface area (Å²) in [5.74, 6) is 2.40. The van der Waals surface area contributed by atoms with E-state index in [0.29, 0.717) is 6.04 Å². The summed E-state index contributed by atoms with van der Waals surface area (Å²) in [5, 5.41) is 7.74. The largest absolute Gasteiger partial charge is 0.338 e. The Hall–Kier alpha value is -1.10. The molecule has 2 fully saturated rings. The molecular weight excluding hydrogens is 252 g/mol. The Bertz CT molecular complexity index is 408. The van der Waals surface area contributed by atoms with Crippen LogP contribution in [0.15, 0.2) is 4.52 Å². The van der Waals surface area contributed by atoms with Gasteiger partial charge in [-0.3, -0.25) is 0 Å². The average Bonchev–Trinajstić information content (AvgIpc) is 3.24. The van der Waals surface area contributed by atoms with E-state index in [1.807, 2.05) is 0 Å².